The van der Waals surface area contributed by atoms with Crippen LogP contribution in [-0.4, -0.2) is 11.5 Å². The van der Waals surface area contributed by atoms with Crippen LogP contribution in [0.5, 0.6) is 0 Å². The van der Waals surface area contributed by atoms with Crippen molar-refractivity contribution in [3.8, 4) is 0 Å². The molecule has 23 heavy (non-hydrogen) atoms. The van der Waals surface area contributed by atoms with Crippen LogP contribution in [0.25, 0.3) is 0 Å². The molecule has 3 atom stereocenters. The molecule has 0 radical (unpaired) electrons. The van der Waals surface area contributed by atoms with E-state index < -0.39 is 0 Å². The number of benzene rings is 2. The van der Waals surface area contributed by atoms with Crippen molar-refractivity contribution in [2.45, 2.75) is 25.0 Å². The van der Waals surface area contributed by atoms with Crippen molar-refractivity contribution >= 4 is 11.4 Å². The van der Waals surface area contributed by atoms with E-state index in [0.29, 0.717) is 12.5 Å². The van der Waals surface area contributed by atoms with Crippen LogP contribution in [-0.2, 0) is 4.74 Å². The summed E-state index contributed by atoms with van der Waals surface area (Å²) in [7, 11) is 0. The van der Waals surface area contributed by atoms with E-state index in [0.717, 1.165) is 24.1 Å². The molecule has 4 rings (SSSR count). The van der Waals surface area contributed by atoms with Crippen LogP contribution >= 0.6 is 0 Å². The van der Waals surface area contributed by atoms with Crippen LogP contribution in [0.4, 0.5) is 11.4 Å². The number of hydrogen-bond donors (Lipinski definition) is 1. The summed E-state index contributed by atoms with van der Waals surface area (Å²) in [6, 6.07) is 15.5. The second kappa shape index (κ2) is 5.66. The molecular weight excluding hydrogens is 292 g/mol. The van der Waals surface area contributed by atoms with Crippen molar-refractivity contribution < 1.29 is 9.66 Å². The zero-order chi connectivity index (χ0) is 15.8. The minimum atomic E-state index is -0.346. The normalized spacial score (nSPS) is 25.8. The standard InChI is InChI=1S/C18H18N2O3/c21-20(22)13-8-9-16-15(11-13)18-14(7-4-10-23-18)17(19-16)12-5-2-1-3-6-12/h1-3,5-6,8-9,11,14,17-19H,4,7,10H2. The Morgan fingerprint density at radius 3 is 2.78 bits per heavy atom. The van der Waals surface area contributed by atoms with Gasteiger partial charge in [0.1, 0.15) is 0 Å². The summed E-state index contributed by atoms with van der Waals surface area (Å²) in [5, 5.41) is 14.7. The Kier molecular flexibility index (Phi) is 3.50. The summed E-state index contributed by atoms with van der Waals surface area (Å²) in [6.45, 7) is 0.713. The van der Waals surface area contributed by atoms with E-state index in [9.17, 15) is 10.1 Å². The van der Waals surface area contributed by atoms with Gasteiger partial charge in [0.15, 0.2) is 0 Å². The van der Waals surface area contributed by atoms with Gasteiger partial charge in [0.25, 0.3) is 5.69 Å². The molecule has 2 aromatic carbocycles. The lowest BCUT2D eigenvalue weighted by atomic mass is 9.77. The number of nitrogens with zero attached hydrogens (tertiary/aromatic N) is 1. The molecule has 5 nitrogen and oxygen atoms in total. The molecule has 2 heterocycles. The van der Waals surface area contributed by atoms with Gasteiger partial charge in [-0.15, -0.1) is 0 Å². The fourth-order valence-corrected chi connectivity index (χ4v) is 3.76. The molecule has 1 fully saturated rings. The van der Waals surface area contributed by atoms with Crippen LogP contribution in [0.3, 0.4) is 0 Å². The van der Waals surface area contributed by atoms with E-state index in [1.54, 1.807) is 18.2 Å². The SMILES string of the molecule is O=[N+]([O-])c1ccc2c(c1)C1OCCCC1C(c1ccccc1)N2. The fraction of sp³-hybridized carbons (Fsp3) is 0.333. The molecule has 118 valence electrons. The maximum Gasteiger partial charge on any atom is 0.269 e. The van der Waals surface area contributed by atoms with Gasteiger partial charge < -0.3 is 10.1 Å². The fourth-order valence-electron chi connectivity index (χ4n) is 3.76. The average molecular weight is 310 g/mol. The maximum atomic E-state index is 11.1. The molecule has 0 spiro atoms. The molecule has 0 aliphatic carbocycles. The van der Waals surface area contributed by atoms with Crippen molar-refractivity contribution in [3.05, 3.63) is 69.8 Å². The highest BCUT2D eigenvalue weighted by molar-refractivity contribution is 5.60. The molecule has 1 N–H and O–H groups in total. The third-order valence-electron chi connectivity index (χ3n) is 4.82. The molecule has 5 heteroatoms. The van der Waals surface area contributed by atoms with Gasteiger partial charge in [-0.05, 0) is 24.5 Å². The minimum absolute atomic E-state index is 0.0786. The zero-order valence-electron chi connectivity index (χ0n) is 12.6. The first-order valence-corrected chi connectivity index (χ1v) is 7.95. The van der Waals surface area contributed by atoms with E-state index in [1.165, 1.54) is 5.56 Å². The molecule has 2 aromatic rings. The Hall–Kier alpha value is -2.40. The van der Waals surface area contributed by atoms with Gasteiger partial charge in [-0.25, -0.2) is 0 Å². The lowest BCUT2D eigenvalue weighted by Crippen LogP contribution is -2.36. The number of hydrogen-bond acceptors (Lipinski definition) is 4. The predicted octanol–water partition coefficient (Wildman–Crippen LogP) is 4.23. The first-order valence-electron chi connectivity index (χ1n) is 7.95. The molecule has 2 aliphatic rings. The van der Waals surface area contributed by atoms with Gasteiger partial charge in [-0.3, -0.25) is 10.1 Å². The molecule has 2 aliphatic heterocycles. The molecule has 0 saturated carbocycles. The summed E-state index contributed by atoms with van der Waals surface area (Å²) < 4.78 is 6.03. The Morgan fingerprint density at radius 1 is 1.17 bits per heavy atom. The highest BCUT2D eigenvalue weighted by Gasteiger charge is 2.40. The van der Waals surface area contributed by atoms with Crippen LogP contribution in [0.2, 0.25) is 0 Å². The maximum absolute atomic E-state index is 11.1. The lowest BCUT2D eigenvalue weighted by molar-refractivity contribution is -0.385. The van der Waals surface area contributed by atoms with Gasteiger partial charge in [-0.2, -0.15) is 0 Å². The summed E-state index contributed by atoms with van der Waals surface area (Å²) in [6.07, 6.45) is 2.00. The predicted molar refractivity (Wildman–Crippen MR) is 87.3 cm³/mol. The first-order chi connectivity index (χ1) is 11.2. The van der Waals surface area contributed by atoms with Crippen LogP contribution in [0, 0.1) is 16.0 Å². The second-order valence-corrected chi connectivity index (χ2v) is 6.16. The van der Waals surface area contributed by atoms with Gasteiger partial charge in [-0.1, -0.05) is 30.3 Å². The quantitative estimate of drug-likeness (QED) is 0.666. The van der Waals surface area contributed by atoms with Crippen molar-refractivity contribution in [1.29, 1.82) is 0 Å². The van der Waals surface area contributed by atoms with E-state index >= 15 is 0 Å². The Balaban J connectivity index is 1.78. The number of nitro benzene ring substituents is 1. The summed E-state index contributed by atoms with van der Waals surface area (Å²) >= 11 is 0. The van der Waals surface area contributed by atoms with Gasteiger partial charge in [0.05, 0.1) is 17.1 Å². The molecule has 0 aromatic heterocycles. The number of non-ortho nitro benzene ring substituents is 1. The van der Waals surface area contributed by atoms with E-state index in [-0.39, 0.29) is 22.8 Å². The Morgan fingerprint density at radius 2 is 2.00 bits per heavy atom. The summed E-state index contributed by atoms with van der Waals surface area (Å²) in [4.78, 5) is 10.7. The Labute approximate surface area is 134 Å². The minimum Gasteiger partial charge on any atom is -0.378 e. The van der Waals surface area contributed by atoms with Crippen LogP contribution in [0.15, 0.2) is 48.5 Å². The van der Waals surface area contributed by atoms with E-state index in [4.69, 9.17) is 4.74 Å². The molecular formula is C18H18N2O3. The number of nitrogens with one attached hydrogen (secondary N) is 1. The summed E-state index contributed by atoms with van der Waals surface area (Å²) in [5.41, 5.74) is 3.21. The number of anilines is 1. The largest absolute Gasteiger partial charge is 0.378 e. The van der Waals surface area contributed by atoms with Gasteiger partial charge in [0, 0.05) is 35.9 Å². The van der Waals surface area contributed by atoms with Crippen molar-refractivity contribution in [2.75, 3.05) is 11.9 Å². The number of fused-ring (bicyclic) bond motifs is 3. The lowest BCUT2D eigenvalue weighted by Gasteiger charge is -2.43. The van der Waals surface area contributed by atoms with Gasteiger partial charge >= 0.3 is 0 Å². The van der Waals surface area contributed by atoms with Crippen LogP contribution in [0.1, 0.15) is 36.1 Å². The highest BCUT2D eigenvalue weighted by Crippen LogP contribution is 2.49. The molecule has 1 saturated heterocycles. The number of rotatable bonds is 2. The van der Waals surface area contributed by atoms with Crippen molar-refractivity contribution in [1.82, 2.24) is 0 Å². The van der Waals surface area contributed by atoms with E-state index in [1.807, 2.05) is 18.2 Å². The first kappa shape index (κ1) is 14.2. The molecule has 0 bridgehead atoms. The van der Waals surface area contributed by atoms with Crippen LogP contribution < -0.4 is 5.32 Å². The number of ether oxygens (including phenoxy) is 1. The summed E-state index contributed by atoms with van der Waals surface area (Å²) in [5.74, 6) is 0.292. The number of nitro groups is 1. The average Bonchev–Trinajstić information content (AvgIpc) is 2.61. The van der Waals surface area contributed by atoms with Crippen molar-refractivity contribution in [2.24, 2.45) is 5.92 Å². The molecule has 0 amide bonds. The second-order valence-electron chi connectivity index (χ2n) is 6.16. The topological polar surface area (TPSA) is 64.4 Å². The smallest absolute Gasteiger partial charge is 0.269 e. The third kappa shape index (κ3) is 2.47. The monoisotopic (exact) mass is 310 g/mol. The molecule has 3 unspecified atom stereocenters. The van der Waals surface area contributed by atoms with Gasteiger partial charge in [0.2, 0.25) is 0 Å². The van der Waals surface area contributed by atoms with E-state index in [2.05, 4.69) is 17.4 Å². The highest BCUT2D eigenvalue weighted by atomic mass is 16.6. The Bertz CT molecular complexity index is 732. The third-order valence-corrected chi connectivity index (χ3v) is 4.82. The zero-order valence-corrected chi connectivity index (χ0v) is 12.6. The van der Waals surface area contributed by atoms with Crippen molar-refractivity contribution in [3.63, 3.8) is 0 Å².